The van der Waals surface area contributed by atoms with Gasteiger partial charge in [0.2, 0.25) is 21.8 Å². The van der Waals surface area contributed by atoms with Crippen molar-refractivity contribution < 1.29 is 36.7 Å². The molecule has 40 heavy (non-hydrogen) atoms. The molecule has 12 heteroatoms. The number of nitrogens with one attached hydrogen (secondary N) is 1. The van der Waals surface area contributed by atoms with E-state index in [4.69, 9.17) is 4.74 Å². The third kappa shape index (κ3) is 6.08. The second kappa shape index (κ2) is 11.8. The first-order chi connectivity index (χ1) is 19.0. The predicted octanol–water partition coefficient (Wildman–Crippen LogP) is 3.48. The zero-order chi connectivity index (χ0) is 29.0. The van der Waals surface area contributed by atoms with Crippen LogP contribution in [0, 0.1) is 5.82 Å². The van der Waals surface area contributed by atoms with Gasteiger partial charge < -0.3 is 10.1 Å². The highest BCUT2D eigenvalue weighted by molar-refractivity contribution is 7.89. The molecule has 0 aromatic heterocycles. The summed E-state index contributed by atoms with van der Waals surface area (Å²) in [5.74, 6) is -2.81. The van der Waals surface area contributed by atoms with E-state index in [-0.39, 0.29) is 35.2 Å². The van der Waals surface area contributed by atoms with Gasteiger partial charge >= 0.3 is 5.97 Å². The molecule has 208 valence electrons. The van der Waals surface area contributed by atoms with Crippen molar-refractivity contribution in [1.29, 1.82) is 0 Å². The summed E-state index contributed by atoms with van der Waals surface area (Å²) in [5, 5.41) is 2.55. The topological polar surface area (TPSA) is 130 Å². The molecule has 10 nitrogen and oxygen atoms in total. The summed E-state index contributed by atoms with van der Waals surface area (Å²) in [7, 11) is -4.36. The molecule has 1 aliphatic rings. The Morgan fingerprint density at radius 2 is 1.62 bits per heavy atom. The van der Waals surface area contributed by atoms with Crippen LogP contribution in [-0.2, 0) is 35.7 Å². The lowest BCUT2D eigenvalue weighted by molar-refractivity contribution is -0.122. The van der Waals surface area contributed by atoms with Crippen molar-refractivity contribution in [2.45, 2.75) is 37.8 Å². The average Bonchev–Trinajstić information content (AvgIpc) is 3.21. The van der Waals surface area contributed by atoms with Crippen LogP contribution in [-0.4, -0.2) is 49.1 Å². The number of amides is 3. The van der Waals surface area contributed by atoms with Crippen molar-refractivity contribution in [2.75, 3.05) is 16.8 Å². The molecular formula is C28H26FN3O7S. The molecule has 3 aromatic rings. The molecule has 0 radical (unpaired) electrons. The second-order valence-corrected chi connectivity index (χ2v) is 10.8. The molecular weight excluding hydrogens is 541 g/mol. The fraction of sp³-hybridized carbons (Fsp3) is 0.214. The zero-order valence-corrected chi connectivity index (χ0v) is 22.5. The number of esters is 1. The summed E-state index contributed by atoms with van der Waals surface area (Å²) in [6.07, 6.45) is -0.428. The summed E-state index contributed by atoms with van der Waals surface area (Å²) >= 11 is 0. The number of benzene rings is 3. The van der Waals surface area contributed by atoms with Gasteiger partial charge in [-0.2, -0.15) is 4.31 Å². The number of carbonyl (C=O) groups is 4. The fourth-order valence-electron chi connectivity index (χ4n) is 4.25. The van der Waals surface area contributed by atoms with Gasteiger partial charge in [0.05, 0.1) is 29.2 Å². The molecule has 1 saturated heterocycles. The van der Waals surface area contributed by atoms with Gasteiger partial charge in [0.25, 0.3) is 5.91 Å². The first-order valence-corrected chi connectivity index (χ1v) is 13.7. The smallest absolute Gasteiger partial charge is 0.338 e. The standard InChI is InChI=1S/C28H26FN3O7S/c1-3-39-28(36)20-6-12-23(13-7-20)32-26(34)16-25(27(32)35)31(17-19-4-8-21(29)9-5-19)40(37,38)24-14-10-22(11-15-24)30-18(2)33/h4-15,25H,3,16-17H2,1-2H3,(H,30,33). The van der Waals surface area contributed by atoms with Crippen molar-refractivity contribution in [3.05, 3.63) is 89.7 Å². The van der Waals surface area contributed by atoms with Crippen LogP contribution in [0.4, 0.5) is 15.8 Å². The van der Waals surface area contributed by atoms with Gasteiger partial charge in [-0.15, -0.1) is 0 Å². The van der Waals surface area contributed by atoms with Gasteiger partial charge in [0.15, 0.2) is 0 Å². The van der Waals surface area contributed by atoms with Crippen LogP contribution in [0.3, 0.4) is 0 Å². The SMILES string of the molecule is CCOC(=O)c1ccc(N2C(=O)CC(N(Cc3ccc(F)cc3)S(=O)(=O)c3ccc(NC(C)=O)cc3)C2=O)cc1. The Kier molecular flexibility index (Phi) is 8.40. The number of hydrogen-bond donors (Lipinski definition) is 1. The Balaban J connectivity index is 1.68. The maximum absolute atomic E-state index is 13.8. The van der Waals surface area contributed by atoms with Gasteiger partial charge in [0.1, 0.15) is 11.9 Å². The average molecular weight is 568 g/mol. The minimum atomic E-state index is -4.36. The van der Waals surface area contributed by atoms with Crippen LogP contribution in [0.5, 0.6) is 0 Å². The molecule has 1 unspecified atom stereocenters. The summed E-state index contributed by atoms with van der Waals surface area (Å²) in [6, 6.07) is 14.7. The molecule has 1 fully saturated rings. The van der Waals surface area contributed by atoms with E-state index in [1.165, 1.54) is 79.7 Å². The molecule has 3 aromatic carbocycles. The highest BCUT2D eigenvalue weighted by atomic mass is 32.2. The number of carbonyl (C=O) groups excluding carboxylic acids is 4. The molecule has 1 heterocycles. The first kappa shape index (κ1) is 28.6. The second-order valence-electron chi connectivity index (χ2n) is 8.94. The van der Waals surface area contributed by atoms with Crippen LogP contribution in [0.1, 0.15) is 36.2 Å². The Hall–Kier alpha value is -4.42. The highest BCUT2D eigenvalue weighted by Gasteiger charge is 2.47. The molecule has 0 aliphatic carbocycles. The fourth-order valence-corrected chi connectivity index (χ4v) is 5.82. The van der Waals surface area contributed by atoms with Crippen molar-refractivity contribution in [3.63, 3.8) is 0 Å². The van der Waals surface area contributed by atoms with Gasteiger partial charge in [-0.3, -0.25) is 14.4 Å². The summed E-state index contributed by atoms with van der Waals surface area (Å²) < 4.78 is 47.1. The van der Waals surface area contributed by atoms with Crippen molar-refractivity contribution in [1.82, 2.24) is 4.31 Å². The van der Waals surface area contributed by atoms with Crippen LogP contribution in [0.15, 0.2) is 77.7 Å². The zero-order valence-electron chi connectivity index (χ0n) is 21.7. The molecule has 1 N–H and O–H groups in total. The quantitative estimate of drug-likeness (QED) is 0.310. The molecule has 0 spiro atoms. The number of anilines is 2. The Morgan fingerprint density at radius 3 is 2.20 bits per heavy atom. The highest BCUT2D eigenvalue weighted by Crippen LogP contribution is 2.31. The largest absolute Gasteiger partial charge is 0.462 e. The molecule has 1 aliphatic heterocycles. The minimum absolute atomic E-state index is 0.166. The van der Waals surface area contributed by atoms with E-state index in [2.05, 4.69) is 5.32 Å². The molecule has 1 atom stereocenters. The third-order valence-corrected chi connectivity index (χ3v) is 8.01. The maximum atomic E-state index is 13.8. The summed E-state index contributed by atoms with van der Waals surface area (Å²) in [4.78, 5) is 50.6. The van der Waals surface area contributed by atoms with Gasteiger partial charge in [0, 0.05) is 19.2 Å². The normalized spacial score (nSPS) is 15.4. The van der Waals surface area contributed by atoms with E-state index in [0.29, 0.717) is 11.3 Å². The predicted molar refractivity (Wildman–Crippen MR) is 143 cm³/mol. The van der Waals surface area contributed by atoms with Gasteiger partial charge in [-0.1, -0.05) is 12.1 Å². The lowest BCUT2D eigenvalue weighted by atomic mass is 10.2. The molecule has 0 saturated carbocycles. The Morgan fingerprint density at radius 1 is 1.00 bits per heavy atom. The van der Waals surface area contributed by atoms with Gasteiger partial charge in [-0.25, -0.2) is 22.5 Å². The number of ether oxygens (including phenoxy) is 1. The summed E-state index contributed by atoms with van der Waals surface area (Å²) in [5.41, 5.74) is 1.17. The van der Waals surface area contributed by atoms with E-state index in [1.807, 2.05) is 0 Å². The maximum Gasteiger partial charge on any atom is 0.338 e. The van der Waals surface area contributed by atoms with E-state index >= 15 is 0 Å². The monoisotopic (exact) mass is 567 g/mol. The number of hydrogen-bond acceptors (Lipinski definition) is 7. The van der Waals surface area contributed by atoms with Crippen molar-refractivity contribution in [2.24, 2.45) is 0 Å². The number of halogens is 1. The minimum Gasteiger partial charge on any atom is -0.462 e. The number of nitrogens with zero attached hydrogens (tertiary/aromatic N) is 2. The van der Waals surface area contributed by atoms with Crippen LogP contribution in [0.2, 0.25) is 0 Å². The summed E-state index contributed by atoms with van der Waals surface area (Å²) in [6.45, 7) is 2.85. The van der Waals surface area contributed by atoms with Crippen molar-refractivity contribution in [3.8, 4) is 0 Å². The third-order valence-electron chi connectivity index (χ3n) is 6.14. The van der Waals surface area contributed by atoms with Crippen molar-refractivity contribution >= 4 is 45.1 Å². The molecule has 3 amide bonds. The number of rotatable bonds is 9. The van der Waals surface area contributed by atoms with E-state index < -0.39 is 46.1 Å². The van der Waals surface area contributed by atoms with Crippen LogP contribution >= 0.6 is 0 Å². The lowest BCUT2D eigenvalue weighted by Gasteiger charge is -2.27. The molecule has 0 bridgehead atoms. The first-order valence-electron chi connectivity index (χ1n) is 12.3. The molecule has 4 rings (SSSR count). The lowest BCUT2D eigenvalue weighted by Crippen LogP contribution is -2.45. The van der Waals surface area contributed by atoms with Gasteiger partial charge in [-0.05, 0) is 73.2 Å². The van der Waals surface area contributed by atoms with Crippen LogP contribution < -0.4 is 10.2 Å². The van der Waals surface area contributed by atoms with Crippen LogP contribution in [0.25, 0.3) is 0 Å². The van der Waals surface area contributed by atoms with E-state index in [1.54, 1.807) is 6.92 Å². The number of imide groups is 1. The van der Waals surface area contributed by atoms with E-state index in [0.717, 1.165) is 9.21 Å². The Bertz CT molecular complexity index is 1540. The Labute approximate surface area is 230 Å². The number of sulfonamides is 1. The van der Waals surface area contributed by atoms with E-state index in [9.17, 15) is 32.0 Å².